The minimum Gasteiger partial charge on any atom is -0.457 e. The van der Waals surface area contributed by atoms with Crippen molar-refractivity contribution in [3.05, 3.63) is 54.1 Å². The third-order valence-electron chi connectivity index (χ3n) is 2.42. The van der Waals surface area contributed by atoms with Gasteiger partial charge in [-0.05, 0) is 42.5 Å². The summed E-state index contributed by atoms with van der Waals surface area (Å²) in [7, 11) is 0. The number of alkyl halides is 3. The molecule has 20 heavy (non-hydrogen) atoms. The van der Waals surface area contributed by atoms with Crippen molar-refractivity contribution >= 4 is 18.1 Å². The number of nitrogens with two attached hydrogens (primary N) is 1. The van der Waals surface area contributed by atoms with Crippen LogP contribution in [-0.4, -0.2) is 0 Å². The van der Waals surface area contributed by atoms with E-state index < -0.39 is 11.7 Å². The van der Waals surface area contributed by atoms with Crippen molar-refractivity contribution in [3.8, 4) is 11.5 Å². The first-order valence-corrected chi connectivity index (χ1v) is 5.41. The highest BCUT2D eigenvalue weighted by Crippen LogP contribution is 2.32. The van der Waals surface area contributed by atoms with Gasteiger partial charge in [-0.1, -0.05) is 6.07 Å². The highest BCUT2D eigenvalue weighted by molar-refractivity contribution is 5.85. The quantitative estimate of drug-likeness (QED) is 0.660. The van der Waals surface area contributed by atoms with E-state index in [9.17, 15) is 13.2 Å². The second kappa shape index (κ2) is 6.49. The van der Waals surface area contributed by atoms with Gasteiger partial charge in [0.1, 0.15) is 11.5 Å². The lowest BCUT2D eigenvalue weighted by molar-refractivity contribution is -0.137. The summed E-state index contributed by atoms with van der Waals surface area (Å²) in [5.41, 5.74) is 2.37. The zero-order valence-corrected chi connectivity index (χ0v) is 11.0. The van der Waals surface area contributed by atoms with Crippen molar-refractivity contribution < 1.29 is 17.9 Å². The highest BCUT2D eigenvalue weighted by Gasteiger charge is 2.30. The molecule has 0 aliphatic heterocycles. The molecule has 108 valence electrons. The zero-order valence-electron chi connectivity index (χ0n) is 10.1. The molecule has 0 heterocycles. The maximum Gasteiger partial charge on any atom is 0.416 e. The Hall–Kier alpha value is -1.92. The van der Waals surface area contributed by atoms with Gasteiger partial charge >= 0.3 is 6.18 Å². The van der Waals surface area contributed by atoms with E-state index >= 15 is 0 Å². The highest BCUT2D eigenvalue weighted by atomic mass is 35.5. The molecular formula is C13H12ClF3N2O. The first-order chi connectivity index (χ1) is 8.99. The number of rotatable bonds is 3. The van der Waals surface area contributed by atoms with E-state index in [-0.39, 0.29) is 18.2 Å². The number of anilines is 1. The molecule has 0 aromatic heterocycles. The number of benzene rings is 2. The summed E-state index contributed by atoms with van der Waals surface area (Å²) < 4.78 is 42.9. The van der Waals surface area contributed by atoms with Crippen LogP contribution in [-0.2, 0) is 6.18 Å². The van der Waals surface area contributed by atoms with Gasteiger partial charge in [-0.3, -0.25) is 5.84 Å². The van der Waals surface area contributed by atoms with Crippen LogP contribution in [0.15, 0.2) is 48.5 Å². The lowest BCUT2D eigenvalue weighted by atomic mass is 10.2. The Balaban J connectivity index is 0.00000200. The molecule has 0 atom stereocenters. The monoisotopic (exact) mass is 304 g/mol. The van der Waals surface area contributed by atoms with E-state index in [1.165, 1.54) is 12.1 Å². The Morgan fingerprint density at radius 3 is 2.15 bits per heavy atom. The Bertz CT molecular complexity index is 558. The Morgan fingerprint density at radius 2 is 1.60 bits per heavy atom. The molecule has 0 aliphatic rings. The van der Waals surface area contributed by atoms with Crippen molar-refractivity contribution in [1.29, 1.82) is 0 Å². The number of nitrogen functional groups attached to an aromatic ring is 1. The first kappa shape index (κ1) is 16.1. The predicted molar refractivity (Wildman–Crippen MR) is 73.0 cm³/mol. The smallest absolute Gasteiger partial charge is 0.416 e. The largest absolute Gasteiger partial charge is 0.457 e. The van der Waals surface area contributed by atoms with Crippen LogP contribution in [0.3, 0.4) is 0 Å². The molecule has 0 unspecified atom stereocenters. The number of hydrogen-bond donors (Lipinski definition) is 2. The average Bonchev–Trinajstić information content (AvgIpc) is 2.39. The SMILES string of the molecule is Cl.NNc1ccc(Oc2cccc(C(F)(F)F)c2)cc1. The van der Waals surface area contributed by atoms with Crippen LogP contribution < -0.4 is 16.0 Å². The Kier molecular flexibility index (Phi) is 5.24. The van der Waals surface area contributed by atoms with Gasteiger partial charge in [0.2, 0.25) is 0 Å². The number of ether oxygens (including phenoxy) is 1. The Morgan fingerprint density at radius 1 is 0.950 bits per heavy atom. The molecule has 7 heteroatoms. The molecule has 0 amide bonds. The maximum atomic E-state index is 12.5. The second-order valence-corrected chi connectivity index (χ2v) is 3.80. The Labute approximate surface area is 119 Å². The summed E-state index contributed by atoms with van der Waals surface area (Å²) in [5, 5.41) is 0. The molecule has 0 bridgehead atoms. The number of hydrazine groups is 1. The lowest BCUT2D eigenvalue weighted by Gasteiger charge is -2.10. The fraction of sp³-hybridized carbons (Fsp3) is 0.0769. The van der Waals surface area contributed by atoms with Crippen molar-refractivity contribution in [2.24, 2.45) is 5.84 Å². The standard InChI is InChI=1S/C13H11F3N2O.ClH/c14-13(15,16)9-2-1-3-12(8-9)19-11-6-4-10(18-17)5-7-11;/h1-8,18H,17H2;1H. The van der Waals surface area contributed by atoms with Gasteiger partial charge in [0.05, 0.1) is 5.56 Å². The molecular weight excluding hydrogens is 293 g/mol. The molecule has 0 aliphatic carbocycles. The van der Waals surface area contributed by atoms with Gasteiger partial charge in [0.25, 0.3) is 0 Å². The van der Waals surface area contributed by atoms with Gasteiger partial charge < -0.3 is 10.2 Å². The van der Waals surface area contributed by atoms with Crippen LogP contribution in [0.2, 0.25) is 0 Å². The predicted octanol–water partition coefficient (Wildman–Crippen LogP) is 4.21. The lowest BCUT2D eigenvalue weighted by Crippen LogP contribution is -2.06. The van der Waals surface area contributed by atoms with E-state index in [0.717, 1.165) is 12.1 Å². The number of hydrogen-bond acceptors (Lipinski definition) is 3. The fourth-order valence-corrected chi connectivity index (χ4v) is 1.49. The summed E-state index contributed by atoms with van der Waals surface area (Å²) in [4.78, 5) is 0. The summed E-state index contributed by atoms with van der Waals surface area (Å²) >= 11 is 0. The van der Waals surface area contributed by atoms with E-state index in [2.05, 4.69) is 5.43 Å². The molecule has 3 N–H and O–H groups in total. The molecule has 0 fully saturated rings. The molecule has 2 aromatic rings. The summed E-state index contributed by atoms with van der Waals surface area (Å²) in [6, 6.07) is 11.2. The van der Waals surface area contributed by atoms with Crippen LogP contribution in [0.25, 0.3) is 0 Å². The van der Waals surface area contributed by atoms with Gasteiger partial charge in [-0.15, -0.1) is 12.4 Å². The molecule has 0 saturated heterocycles. The van der Waals surface area contributed by atoms with Gasteiger partial charge in [-0.2, -0.15) is 13.2 Å². The third-order valence-corrected chi connectivity index (χ3v) is 2.42. The topological polar surface area (TPSA) is 47.3 Å². The molecule has 2 rings (SSSR count). The molecule has 0 radical (unpaired) electrons. The van der Waals surface area contributed by atoms with Crippen molar-refractivity contribution in [3.63, 3.8) is 0 Å². The van der Waals surface area contributed by atoms with E-state index in [1.807, 2.05) is 0 Å². The minimum absolute atomic E-state index is 0. The van der Waals surface area contributed by atoms with Crippen molar-refractivity contribution in [2.45, 2.75) is 6.18 Å². The van der Waals surface area contributed by atoms with Crippen LogP contribution in [0.4, 0.5) is 18.9 Å². The van der Waals surface area contributed by atoms with E-state index in [0.29, 0.717) is 11.4 Å². The minimum atomic E-state index is -4.38. The second-order valence-electron chi connectivity index (χ2n) is 3.80. The van der Waals surface area contributed by atoms with Crippen molar-refractivity contribution in [2.75, 3.05) is 5.43 Å². The third kappa shape index (κ3) is 4.04. The van der Waals surface area contributed by atoms with Gasteiger partial charge in [-0.25, -0.2) is 0 Å². The van der Waals surface area contributed by atoms with E-state index in [4.69, 9.17) is 10.6 Å². The molecule has 3 nitrogen and oxygen atoms in total. The van der Waals surface area contributed by atoms with Crippen LogP contribution >= 0.6 is 12.4 Å². The molecule has 2 aromatic carbocycles. The fourth-order valence-electron chi connectivity index (χ4n) is 1.49. The molecule has 0 saturated carbocycles. The normalized spacial score (nSPS) is 10.6. The number of nitrogens with one attached hydrogen (secondary N) is 1. The zero-order chi connectivity index (χ0) is 13.9. The maximum absolute atomic E-state index is 12.5. The van der Waals surface area contributed by atoms with Gasteiger partial charge in [0, 0.05) is 5.69 Å². The first-order valence-electron chi connectivity index (χ1n) is 5.41. The summed E-state index contributed by atoms with van der Waals surface area (Å²) in [5.74, 6) is 5.76. The van der Waals surface area contributed by atoms with Crippen LogP contribution in [0.1, 0.15) is 5.56 Å². The summed E-state index contributed by atoms with van der Waals surface area (Å²) in [6.07, 6.45) is -4.38. The van der Waals surface area contributed by atoms with E-state index in [1.54, 1.807) is 24.3 Å². The average molecular weight is 305 g/mol. The van der Waals surface area contributed by atoms with Crippen LogP contribution in [0, 0.1) is 0 Å². The van der Waals surface area contributed by atoms with Crippen molar-refractivity contribution in [1.82, 2.24) is 0 Å². The van der Waals surface area contributed by atoms with Gasteiger partial charge in [0.15, 0.2) is 0 Å². The molecule has 0 spiro atoms. The van der Waals surface area contributed by atoms with Crippen LogP contribution in [0.5, 0.6) is 11.5 Å². The number of halogens is 4. The summed E-state index contributed by atoms with van der Waals surface area (Å²) in [6.45, 7) is 0.